The van der Waals surface area contributed by atoms with Gasteiger partial charge < -0.3 is 0 Å². The molecule has 0 aliphatic heterocycles. The van der Waals surface area contributed by atoms with Crippen LogP contribution in [-0.2, 0) is 0 Å². The Balaban J connectivity index is 2.00. The molecule has 0 saturated carbocycles. The zero-order valence-electron chi connectivity index (χ0n) is 29.6. The molecule has 0 fully saturated rings. The Labute approximate surface area is 290 Å². The summed E-state index contributed by atoms with van der Waals surface area (Å²) in [5, 5.41) is 2.33. The average molecular weight is 627 g/mol. The first-order valence-electron chi connectivity index (χ1n) is 17.0. The van der Waals surface area contributed by atoms with Gasteiger partial charge in [-0.15, -0.1) is 0 Å². The van der Waals surface area contributed by atoms with Gasteiger partial charge in [-0.25, -0.2) is 0 Å². The summed E-state index contributed by atoms with van der Waals surface area (Å²) in [6, 6.07) is 24.1. The molecule has 4 rings (SSSR count). The number of allylic oxidation sites excluding steroid dienone is 10. The van der Waals surface area contributed by atoms with Crippen molar-refractivity contribution < 1.29 is 0 Å². The molecule has 0 N–H and O–H groups in total. The molecular weight excluding hydrogens is 577 g/mol. The van der Waals surface area contributed by atoms with Gasteiger partial charge in [-0.3, -0.25) is 0 Å². The van der Waals surface area contributed by atoms with Crippen LogP contribution in [0.4, 0.5) is 0 Å². The van der Waals surface area contributed by atoms with E-state index in [1.54, 1.807) is 0 Å². The number of rotatable bonds is 14. The van der Waals surface area contributed by atoms with Crippen molar-refractivity contribution >= 4 is 40.1 Å². The van der Waals surface area contributed by atoms with Gasteiger partial charge in [-0.05, 0) is 110 Å². The van der Waals surface area contributed by atoms with Crippen LogP contribution in [0, 0.1) is 5.92 Å². The highest BCUT2D eigenvalue weighted by Gasteiger charge is 2.22. The van der Waals surface area contributed by atoms with Gasteiger partial charge in [0, 0.05) is 0 Å². The van der Waals surface area contributed by atoms with Crippen molar-refractivity contribution in [3.63, 3.8) is 0 Å². The standard InChI is InChI=1S/C48H50/c1-11-17-23-36(13-3)35(10)43-27-21-28-44(39(43)14-4)48-41(16-6)40(15-5)47(45-24-18-19-25-46(45)48)38-31-29-37(30-32-38)42(34(9)12-2)26-20-22-33(7)8/h11,14-32,34H,4-7,10,12-13H2,1-3,8-9H3/b17-11-,22-20-,36-23+,42-26+/t34-/m1/s1. The van der Waals surface area contributed by atoms with Crippen molar-refractivity contribution in [3.05, 3.63) is 175 Å². The third-order valence-electron chi connectivity index (χ3n) is 9.17. The molecule has 0 spiro atoms. The number of benzene rings is 4. The minimum Gasteiger partial charge on any atom is -0.0984 e. The largest absolute Gasteiger partial charge is 0.0984 e. The van der Waals surface area contributed by atoms with Crippen LogP contribution in [0.3, 0.4) is 0 Å². The van der Waals surface area contributed by atoms with E-state index in [1.807, 2.05) is 38.2 Å². The number of hydrogen-bond donors (Lipinski definition) is 0. The Morgan fingerprint density at radius 3 is 1.92 bits per heavy atom. The first-order chi connectivity index (χ1) is 23.3. The van der Waals surface area contributed by atoms with Gasteiger partial charge in [0.05, 0.1) is 0 Å². The van der Waals surface area contributed by atoms with Crippen molar-refractivity contribution in [2.75, 3.05) is 0 Å². The lowest BCUT2D eigenvalue weighted by Crippen LogP contribution is -2.00. The fourth-order valence-corrected chi connectivity index (χ4v) is 6.50. The third-order valence-corrected chi connectivity index (χ3v) is 9.17. The first kappa shape index (κ1) is 35.7. The maximum atomic E-state index is 4.55. The average Bonchev–Trinajstić information content (AvgIpc) is 3.11. The van der Waals surface area contributed by atoms with Gasteiger partial charge in [0.15, 0.2) is 0 Å². The Hall–Kier alpha value is -5.20. The van der Waals surface area contributed by atoms with E-state index in [4.69, 9.17) is 0 Å². The van der Waals surface area contributed by atoms with E-state index in [1.165, 1.54) is 22.1 Å². The van der Waals surface area contributed by atoms with Crippen LogP contribution < -0.4 is 0 Å². The first-order valence-corrected chi connectivity index (χ1v) is 17.0. The molecule has 4 aromatic carbocycles. The second-order valence-corrected chi connectivity index (χ2v) is 12.3. The van der Waals surface area contributed by atoms with Crippen LogP contribution in [0.5, 0.6) is 0 Å². The molecule has 0 aliphatic rings. The summed E-state index contributed by atoms with van der Waals surface area (Å²) in [5.74, 6) is 0.430. The fraction of sp³-hybridized carbons (Fsp3) is 0.167. The zero-order chi connectivity index (χ0) is 34.8. The summed E-state index contributed by atoms with van der Waals surface area (Å²) in [5.41, 5.74) is 14.6. The highest BCUT2D eigenvalue weighted by Crippen LogP contribution is 2.45. The van der Waals surface area contributed by atoms with Crippen LogP contribution in [0.1, 0.15) is 75.3 Å². The second kappa shape index (κ2) is 16.6. The van der Waals surface area contributed by atoms with E-state index in [0.717, 1.165) is 73.9 Å². The lowest BCUT2D eigenvalue weighted by molar-refractivity contribution is 0.718. The SMILES string of the molecule is C=Cc1c(C(=C)/C(=C/C=C\C)CC)cccc1-c1c(C=C)c(C=C)c(-c2ccc(/C(=C/C=C\C(=C)C)[C@H](C)CC)cc2)c2ccccc12. The molecule has 0 heteroatoms. The number of fused-ring (bicyclic) bond motifs is 1. The van der Waals surface area contributed by atoms with Crippen molar-refractivity contribution in [1.82, 2.24) is 0 Å². The third kappa shape index (κ3) is 7.35. The topological polar surface area (TPSA) is 0 Å². The van der Waals surface area contributed by atoms with Crippen LogP contribution in [0.25, 0.3) is 62.4 Å². The summed E-state index contributed by atoms with van der Waals surface area (Å²) < 4.78 is 0. The van der Waals surface area contributed by atoms with Gasteiger partial charge in [-0.1, -0.05) is 181 Å². The van der Waals surface area contributed by atoms with Crippen molar-refractivity contribution in [1.29, 1.82) is 0 Å². The molecule has 0 bridgehead atoms. The van der Waals surface area contributed by atoms with E-state index >= 15 is 0 Å². The predicted molar refractivity (Wildman–Crippen MR) is 219 cm³/mol. The van der Waals surface area contributed by atoms with Crippen molar-refractivity contribution in [3.8, 4) is 22.3 Å². The highest BCUT2D eigenvalue weighted by molar-refractivity contribution is 6.12. The van der Waals surface area contributed by atoms with E-state index in [-0.39, 0.29) is 0 Å². The molecule has 0 heterocycles. The van der Waals surface area contributed by atoms with Gasteiger partial charge >= 0.3 is 0 Å². The molecule has 48 heavy (non-hydrogen) atoms. The summed E-state index contributed by atoms with van der Waals surface area (Å²) >= 11 is 0. The minimum atomic E-state index is 0.430. The highest BCUT2D eigenvalue weighted by atomic mass is 14.2. The monoisotopic (exact) mass is 626 g/mol. The molecule has 0 saturated heterocycles. The lowest BCUT2D eigenvalue weighted by Gasteiger charge is -2.23. The van der Waals surface area contributed by atoms with E-state index in [0.29, 0.717) is 5.92 Å². The maximum absolute atomic E-state index is 4.55. The molecule has 242 valence electrons. The summed E-state index contributed by atoms with van der Waals surface area (Å²) in [6.07, 6.45) is 20.6. The Morgan fingerprint density at radius 1 is 0.729 bits per heavy atom. The van der Waals surface area contributed by atoms with E-state index in [2.05, 4.69) is 151 Å². The Kier molecular flexibility index (Phi) is 12.3. The number of hydrogen-bond acceptors (Lipinski definition) is 0. The molecular formula is C48H50. The molecule has 1 atom stereocenters. The Bertz CT molecular complexity index is 1980. The van der Waals surface area contributed by atoms with Gasteiger partial charge in [0.2, 0.25) is 0 Å². The molecule has 0 radical (unpaired) electrons. The lowest BCUT2D eigenvalue weighted by atomic mass is 9.80. The van der Waals surface area contributed by atoms with Crippen LogP contribution >= 0.6 is 0 Å². The normalized spacial score (nSPS) is 12.9. The molecule has 0 nitrogen and oxygen atoms in total. The molecule has 0 amide bonds. The van der Waals surface area contributed by atoms with Crippen LogP contribution in [0.2, 0.25) is 0 Å². The van der Waals surface area contributed by atoms with Gasteiger partial charge in [0.25, 0.3) is 0 Å². The van der Waals surface area contributed by atoms with Gasteiger partial charge in [0.1, 0.15) is 0 Å². The summed E-state index contributed by atoms with van der Waals surface area (Å²) in [4.78, 5) is 0. The summed E-state index contributed by atoms with van der Waals surface area (Å²) in [7, 11) is 0. The smallest absolute Gasteiger partial charge is 0.00204 e. The zero-order valence-corrected chi connectivity index (χ0v) is 29.6. The fourth-order valence-electron chi connectivity index (χ4n) is 6.50. The van der Waals surface area contributed by atoms with Gasteiger partial charge in [-0.2, -0.15) is 0 Å². The second-order valence-electron chi connectivity index (χ2n) is 12.3. The minimum absolute atomic E-state index is 0.430. The van der Waals surface area contributed by atoms with E-state index < -0.39 is 0 Å². The van der Waals surface area contributed by atoms with Crippen molar-refractivity contribution in [2.45, 2.75) is 47.5 Å². The molecule has 4 aromatic rings. The molecule has 0 aliphatic carbocycles. The Morgan fingerprint density at radius 2 is 1.35 bits per heavy atom. The van der Waals surface area contributed by atoms with E-state index in [9.17, 15) is 0 Å². The van der Waals surface area contributed by atoms with Crippen LogP contribution in [0.15, 0.2) is 147 Å². The molecule has 0 aromatic heterocycles. The molecule has 0 unspecified atom stereocenters. The predicted octanol–water partition coefficient (Wildman–Crippen LogP) is 14.6. The summed E-state index contributed by atoms with van der Waals surface area (Å²) in [6.45, 7) is 32.3. The van der Waals surface area contributed by atoms with Crippen LogP contribution in [-0.4, -0.2) is 0 Å². The maximum Gasteiger partial charge on any atom is -0.00204 e. The quantitative estimate of drug-likeness (QED) is 0.122. The van der Waals surface area contributed by atoms with Crippen molar-refractivity contribution in [2.24, 2.45) is 5.92 Å².